The Morgan fingerprint density at radius 3 is 2.96 bits per heavy atom. The molecule has 1 aliphatic carbocycles. The maximum absolute atomic E-state index is 13.5. The van der Waals surface area contributed by atoms with Gasteiger partial charge < -0.3 is 15.3 Å². The zero-order chi connectivity index (χ0) is 18.0. The molecule has 0 amide bonds. The zero-order valence-electron chi connectivity index (χ0n) is 13.7. The monoisotopic (exact) mass is 360 g/mol. The fraction of sp³-hybridized carbons (Fsp3) is 0.235. The van der Waals surface area contributed by atoms with Crippen LogP contribution in [-0.2, 0) is 0 Å². The van der Waals surface area contributed by atoms with Crippen molar-refractivity contribution in [3.8, 4) is 0 Å². The Hall–Kier alpha value is -2.58. The normalized spacial score (nSPS) is 20.1. The molecule has 0 bridgehead atoms. The first-order valence-corrected chi connectivity index (χ1v) is 8.38. The van der Waals surface area contributed by atoms with E-state index in [1.165, 1.54) is 29.8 Å². The molecule has 2 aromatic heterocycles. The molecule has 0 radical (unpaired) electrons. The lowest BCUT2D eigenvalue weighted by atomic mass is 10.1. The number of aliphatic hydroxyl groups excluding tert-OH is 1. The van der Waals surface area contributed by atoms with Crippen LogP contribution in [0.1, 0.15) is 9.67 Å². The number of anilines is 1. The number of hydrogen-bond acceptors (Lipinski definition) is 6. The molecule has 2 heterocycles. The average molecular weight is 360 g/mol. The van der Waals surface area contributed by atoms with E-state index in [0.717, 1.165) is 22.2 Å². The van der Waals surface area contributed by atoms with Crippen LogP contribution in [0.5, 0.6) is 0 Å². The van der Waals surface area contributed by atoms with Crippen molar-refractivity contribution in [3.05, 3.63) is 41.1 Å². The van der Waals surface area contributed by atoms with Gasteiger partial charge in [0.05, 0.1) is 28.0 Å². The third-order valence-electron chi connectivity index (χ3n) is 3.72. The van der Waals surface area contributed by atoms with Crippen molar-refractivity contribution in [2.45, 2.75) is 12.3 Å². The summed E-state index contributed by atoms with van der Waals surface area (Å²) in [6.45, 7) is 0. The van der Waals surface area contributed by atoms with Crippen LogP contribution in [0, 0.1) is 0 Å². The number of nitrogens with one attached hydrogen (secondary N) is 1. The van der Waals surface area contributed by atoms with Crippen LogP contribution in [0.2, 0.25) is 0 Å². The predicted octanol–water partition coefficient (Wildman–Crippen LogP) is 2.58. The first kappa shape index (κ1) is 17.2. The van der Waals surface area contributed by atoms with E-state index >= 15 is 0 Å². The number of pyridine rings is 1. The number of hydrogen-bond donors (Lipinski definition) is 2. The number of rotatable bonds is 5. The highest BCUT2D eigenvalue weighted by Gasteiger charge is 2.18. The second-order valence-electron chi connectivity index (χ2n) is 5.66. The van der Waals surface area contributed by atoms with E-state index in [-0.39, 0.29) is 0 Å². The molecule has 1 aliphatic rings. The van der Waals surface area contributed by atoms with Crippen molar-refractivity contribution in [3.63, 3.8) is 0 Å². The number of alkyl halides is 1. The first-order chi connectivity index (χ1) is 12.0. The van der Waals surface area contributed by atoms with Gasteiger partial charge in [0.25, 0.3) is 0 Å². The molecule has 2 unspecified atom stereocenters. The zero-order valence-corrected chi connectivity index (χ0v) is 14.5. The minimum absolute atomic E-state index is 0.474. The van der Waals surface area contributed by atoms with Gasteiger partial charge in [0.15, 0.2) is 6.29 Å². The molecule has 0 saturated carbocycles. The molecule has 2 aromatic rings. The van der Waals surface area contributed by atoms with Gasteiger partial charge in [0, 0.05) is 26.0 Å². The van der Waals surface area contributed by atoms with Gasteiger partial charge in [-0.15, -0.1) is 11.3 Å². The summed E-state index contributed by atoms with van der Waals surface area (Å²) in [5.74, 6) is 0. The maximum Gasteiger partial charge on any atom is 0.162 e. The van der Waals surface area contributed by atoms with Gasteiger partial charge in [0.1, 0.15) is 17.1 Å². The molecule has 8 heteroatoms. The Bertz CT molecular complexity index is 888. The molecule has 25 heavy (non-hydrogen) atoms. The predicted molar refractivity (Wildman–Crippen MR) is 98.7 cm³/mol. The summed E-state index contributed by atoms with van der Waals surface area (Å²) in [4.78, 5) is 23.2. The number of aliphatic hydroxyl groups is 1. The minimum Gasteiger partial charge on any atom is -0.386 e. The lowest BCUT2D eigenvalue weighted by Gasteiger charge is -2.15. The smallest absolute Gasteiger partial charge is 0.162 e. The summed E-state index contributed by atoms with van der Waals surface area (Å²) in [7, 11) is 3.81. The summed E-state index contributed by atoms with van der Waals surface area (Å²) < 4.78 is 13.5. The standard InChI is InChI=1S/C17H17FN4O2S/c1-22(2)12-5-6-19-17-15(12)16(14(8-23)25-17)21-9-20-10-3-4-13(24)11(18)7-10/h3-9,11,13,24H,1-2H3,(H,20,21). The Morgan fingerprint density at radius 1 is 1.48 bits per heavy atom. The first-order valence-electron chi connectivity index (χ1n) is 7.56. The lowest BCUT2D eigenvalue weighted by Crippen LogP contribution is -2.23. The van der Waals surface area contributed by atoms with Crippen molar-refractivity contribution in [1.29, 1.82) is 0 Å². The number of thiophene rings is 1. The molecule has 0 fully saturated rings. The van der Waals surface area contributed by atoms with Crippen LogP contribution in [0.3, 0.4) is 0 Å². The summed E-state index contributed by atoms with van der Waals surface area (Å²) in [6, 6.07) is 1.86. The van der Waals surface area contributed by atoms with Crippen LogP contribution in [0.4, 0.5) is 15.8 Å². The van der Waals surface area contributed by atoms with E-state index < -0.39 is 12.3 Å². The number of carbonyl (C=O) groups excluding carboxylic acids is 1. The van der Waals surface area contributed by atoms with Crippen LogP contribution in [-0.4, -0.2) is 49.1 Å². The van der Waals surface area contributed by atoms with E-state index in [2.05, 4.69) is 15.3 Å². The van der Waals surface area contributed by atoms with Gasteiger partial charge >= 0.3 is 0 Å². The highest BCUT2D eigenvalue weighted by atomic mass is 32.1. The van der Waals surface area contributed by atoms with Crippen LogP contribution >= 0.6 is 11.3 Å². The third kappa shape index (κ3) is 3.45. The van der Waals surface area contributed by atoms with Crippen LogP contribution in [0.25, 0.3) is 10.2 Å². The Kier molecular flexibility index (Phi) is 4.91. The largest absolute Gasteiger partial charge is 0.386 e. The molecule has 2 atom stereocenters. The van der Waals surface area contributed by atoms with Gasteiger partial charge in [0.2, 0.25) is 0 Å². The maximum atomic E-state index is 13.5. The summed E-state index contributed by atoms with van der Waals surface area (Å²) in [5, 5.41) is 13.0. The van der Waals surface area contributed by atoms with E-state index in [1.54, 1.807) is 12.3 Å². The molecule has 2 N–H and O–H groups in total. The van der Waals surface area contributed by atoms with Crippen molar-refractivity contribution in [1.82, 2.24) is 10.3 Å². The molecule has 0 aromatic carbocycles. The van der Waals surface area contributed by atoms with Crippen molar-refractivity contribution in [2.75, 3.05) is 19.0 Å². The molecule has 6 nitrogen and oxygen atoms in total. The van der Waals surface area contributed by atoms with E-state index in [1.807, 2.05) is 25.1 Å². The SMILES string of the molecule is CN(C)c1ccnc2sc(C=O)c(N=CNC3=CC(F)C(O)C=C3)c12. The second kappa shape index (κ2) is 7.12. The lowest BCUT2D eigenvalue weighted by molar-refractivity contribution is 0.112. The number of aldehydes is 1. The summed E-state index contributed by atoms with van der Waals surface area (Å²) in [5.41, 5.74) is 1.92. The number of nitrogens with zero attached hydrogens (tertiary/aromatic N) is 3. The quantitative estimate of drug-likeness (QED) is 0.487. The van der Waals surface area contributed by atoms with Crippen LogP contribution < -0.4 is 10.2 Å². The number of aliphatic imine (C=N–C) groups is 1. The molecule has 0 aliphatic heterocycles. The Labute approximate surface area is 148 Å². The van der Waals surface area contributed by atoms with Crippen molar-refractivity contribution >= 4 is 45.6 Å². The molecular weight excluding hydrogens is 343 g/mol. The second-order valence-corrected chi connectivity index (χ2v) is 6.69. The van der Waals surface area contributed by atoms with Gasteiger partial charge in [-0.1, -0.05) is 6.08 Å². The van der Waals surface area contributed by atoms with E-state index in [9.17, 15) is 14.3 Å². The van der Waals surface area contributed by atoms with Gasteiger partial charge in [-0.3, -0.25) is 4.79 Å². The molecule has 130 valence electrons. The van der Waals surface area contributed by atoms with Crippen LogP contribution in [0.15, 0.2) is 41.2 Å². The average Bonchev–Trinajstić information content (AvgIpc) is 2.96. The topological polar surface area (TPSA) is 77.8 Å². The fourth-order valence-electron chi connectivity index (χ4n) is 2.49. The molecule has 0 spiro atoms. The number of halogens is 1. The van der Waals surface area contributed by atoms with Crippen molar-refractivity contribution in [2.24, 2.45) is 4.99 Å². The fourth-order valence-corrected chi connectivity index (χ4v) is 3.42. The summed E-state index contributed by atoms with van der Waals surface area (Å²) in [6.07, 6.45) is 5.48. The number of aromatic nitrogens is 1. The highest BCUT2D eigenvalue weighted by molar-refractivity contribution is 7.21. The third-order valence-corrected chi connectivity index (χ3v) is 4.74. The molecule has 0 saturated heterocycles. The highest BCUT2D eigenvalue weighted by Crippen LogP contribution is 2.40. The van der Waals surface area contributed by atoms with Gasteiger partial charge in [-0.2, -0.15) is 0 Å². The Morgan fingerprint density at radius 2 is 2.28 bits per heavy atom. The molecular formula is C17H17FN4O2S. The van der Waals surface area contributed by atoms with Gasteiger partial charge in [-0.25, -0.2) is 14.4 Å². The minimum atomic E-state index is -1.46. The number of carbonyl (C=O) groups is 1. The van der Waals surface area contributed by atoms with Gasteiger partial charge in [-0.05, 0) is 18.2 Å². The van der Waals surface area contributed by atoms with Crippen molar-refractivity contribution < 1.29 is 14.3 Å². The van der Waals surface area contributed by atoms with E-state index in [4.69, 9.17) is 0 Å². The Balaban J connectivity index is 1.94. The van der Waals surface area contributed by atoms with E-state index in [0.29, 0.717) is 16.3 Å². The molecule has 3 rings (SSSR count). The number of fused-ring (bicyclic) bond motifs is 1. The summed E-state index contributed by atoms with van der Waals surface area (Å²) >= 11 is 1.27. The number of allylic oxidation sites excluding steroid dienone is 1.